The third kappa shape index (κ3) is 1.78. The topological polar surface area (TPSA) is 41.6 Å². The largest absolute Gasteiger partial charge is 0.345 e. The van der Waals surface area contributed by atoms with Crippen LogP contribution >= 0.6 is 11.6 Å². The summed E-state index contributed by atoms with van der Waals surface area (Å²) >= 11 is 5.75. The Labute approximate surface area is 103 Å². The lowest BCUT2D eigenvalue weighted by molar-refractivity contribution is 1.20. The second kappa shape index (κ2) is 3.86. The number of rotatable bonds is 1. The maximum atomic E-state index is 5.75. The summed E-state index contributed by atoms with van der Waals surface area (Å²) in [5.74, 6) is 0. The van der Waals surface area contributed by atoms with Crippen LogP contribution in [0.4, 0.5) is 0 Å². The van der Waals surface area contributed by atoms with E-state index in [-0.39, 0.29) is 5.28 Å². The number of hydrogen-bond acceptors (Lipinski definition) is 2. The van der Waals surface area contributed by atoms with Gasteiger partial charge in [-0.25, -0.2) is 4.98 Å². The fraction of sp³-hybridized carbons (Fsp3) is 0.0769. The molecule has 0 fully saturated rings. The second-order valence-electron chi connectivity index (χ2n) is 3.97. The molecule has 1 aromatic carbocycles. The number of nitrogens with one attached hydrogen (secondary N) is 1. The minimum Gasteiger partial charge on any atom is -0.345 e. The van der Waals surface area contributed by atoms with Crippen molar-refractivity contribution in [2.75, 3.05) is 0 Å². The van der Waals surface area contributed by atoms with E-state index in [1.165, 1.54) is 5.56 Å². The third-order valence-corrected chi connectivity index (χ3v) is 2.95. The SMILES string of the molecule is Cc1ccc(-c2c[nH]c3nc(Cl)ncc23)cc1. The van der Waals surface area contributed by atoms with Gasteiger partial charge in [0, 0.05) is 23.3 Å². The zero-order chi connectivity index (χ0) is 11.8. The van der Waals surface area contributed by atoms with Crippen molar-refractivity contribution in [1.82, 2.24) is 15.0 Å². The summed E-state index contributed by atoms with van der Waals surface area (Å²) < 4.78 is 0. The maximum absolute atomic E-state index is 5.75. The first kappa shape index (κ1) is 10.3. The van der Waals surface area contributed by atoms with E-state index in [0.717, 1.165) is 22.2 Å². The van der Waals surface area contributed by atoms with Crippen molar-refractivity contribution in [1.29, 1.82) is 0 Å². The summed E-state index contributed by atoms with van der Waals surface area (Å²) in [7, 11) is 0. The van der Waals surface area contributed by atoms with E-state index in [1.54, 1.807) is 6.20 Å². The highest BCUT2D eigenvalue weighted by Gasteiger charge is 2.07. The van der Waals surface area contributed by atoms with E-state index in [0.29, 0.717) is 0 Å². The third-order valence-electron chi connectivity index (χ3n) is 2.77. The number of H-pyrrole nitrogens is 1. The fourth-order valence-electron chi connectivity index (χ4n) is 1.86. The van der Waals surface area contributed by atoms with E-state index >= 15 is 0 Å². The van der Waals surface area contributed by atoms with Gasteiger partial charge in [-0.2, -0.15) is 4.98 Å². The summed E-state index contributed by atoms with van der Waals surface area (Å²) in [5, 5.41) is 1.24. The van der Waals surface area contributed by atoms with Gasteiger partial charge in [0.2, 0.25) is 5.28 Å². The predicted molar refractivity (Wildman–Crippen MR) is 69.1 cm³/mol. The Hall–Kier alpha value is -1.87. The van der Waals surface area contributed by atoms with Crippen LogP contribution < -0.4 is 0 Å². The molecule has 0 aliphatic carbocycles. The zero-order valence-corrected chi connectivity index (χ0v) is 9.99. The number of halogens is 1. The molecule has 0 radical (unpaired) electrons. The molecular formula is C13H10ClN3. The van der Waals surface area contributed by atoms with Crippen LogP contribution in [0.25, 0.3) is 22.2 Å². The number of benzene rings is 1. The van der Waals surface area contributed by atoms with Crippen LogP contribution in [0.1, 0.15) is 5.56 Å². The Bertz CT molecular complexity index is 671. The van der Waals surface area contributed by atoms with Crippen molar-refractivity contribution >= 4 is 22.6 Å². The first-order valence-electron chi connectivity index (χ1n) is 5.31. The number of hydrogen-bond donors (Lipinski definition) is 1. The molecule has 3 nitrogen and oxygen atoms in total. The number of aromatic nitrogens is 3. The summed E-state index contributed by atoms with van der Waals surface area (Å²) in [6.07, 6.45) is 3.68. The van der Waals surface area contributed by atoms with Crippen molar-refractivity contribution in [3.05, 3.63) is 47.5 Å². The number of nitrogens with zero attached hydrogens (tertiary/aromatic N) is 2. The van der Waals surface area contributed by atoms with Crippen LogP contribution in [0.15, 0.2) is 36.7 Å². The number of aryl methyl sites for hydroxylation is 1. The lowest BCUT2D eigenvalue weighted by Crippen LogP contribution is -1.82. The van der Waals surface area contributed by atoms with Gasteiger partial charge in [-0.15, -0.1) is 0 Å². The molecule has 3 rings (SSSR count). The van der Waals surface area contributed by atoms with Gasteiger partial charge in [0.15, 0.2) is 0 Å². The molecule has 3 aromatic rings. The first-order chi connectivity index (χ1) is 8.24. The second-order valence-corrected chi connectivity index (χ2v) is 4.31. The van der Waals surface area contributed by atoms with E-state index in [1.807, 2.05) is 6.20 Å². The molecule has 2 aromatic heterocycles. The van der Waals surface area contributed by atoms with E-state index in [2.05, 4.69) is 46.1 Å². The van der Waals surface area contributed by atoms with Gasteiger partial charge in [0.05, 0.1) is 0 Å². The Morgan fingerprint density at radius 2 is 1.94 bits per heavy atom. The van der Waals surface area contributed by atoms with Crippen molar-refractivity contribution in [2.45, 2.75) is 6.92 Å². The molecule has 17 heavy (non-hydrogen) atoms. The zero-order valence-electron chi connectivity index (χ0n) is 9.24. The lowest BCUT2D eigenvalue weighted by atomic mass is 10.1. The van der Waals surface area contributed by atoms with Gasteiger partial charge in [-0.3, -0.25) is 0 Å². The number of fused-ring (bicyclic) bond motifs is 1. The van der Waals surface area contributed by atoms with Crippen LogP contribution in [0, 0.1) is 6.92 Å². The van der Waals surface area contributed by atoms with E-state index in [4.69, 9.17) is 11.6 Å². The summed E-state index contributed by atoms with van der Waals surface area (Å²) in [6, 6.07) is 8.36. The smallest absolute Gasteiger partial charge is 0.224 e. The highest BCUT2D eigenvalue weighted by Crippen LogP contribution is 2.27. The predicted octanol–water partition coefficient (Wildman–Crippen LogP) is 3.59. The molecule has 0 atom stereocenters. The first-order valence-corrected chi connectivity index (χ1v) is 5.68. The fourth-order valence-corrected chi connectivity index (χ4v) is 1.99. The average molecular weight is 244 g/mol. The molecule has 0 unspecified atom stereocenters. The minimum absolute atomic E-state index is 0.259. The quantitative estimate of drug-likeness (QED) is 0.664. The summed E-state index contributed by atoms with van der Waals surface area (Å²) in [4.78, 5) is 11.3. The van der Waals surface area contributed by atoms with Gasteiger partial charge >= 0.3 is 0 Å². The van der Waals surface area contributed by atoms with Gasteiger partial charge in [0.1, 0.15) is 5.65 Å². The summed E-state index contributed by atoms with van der Waals surface area (Å²) in [6.45, 7) is 2.07. The monoisotopic (exact) mass is 243 g/mol. The van der Waals surface area contributed by atoms with Crippen molar-refractivity contribution in [3.63, 3.8) is 0 Å². The van der Waals surface area contributed by atoms with Crippen LogP contribution in [-0.2, 0) is 0 Å². The molecule has 0 bridgehead atoms. The number of aromatic amines is 1. The van der Waals surface area contributed by atoms with Crippen molar-refractivity contribution < 1.29 is 0 Å². The molecule has 0 saturated heterocycles. The van der Waals surface area contributed by atoms with Crippen LogP contribution in [0.5, 0.6) is 0 Å². The molecule has 84 valence electrons. The lowest BCUT2D eigenvalue weighted by Gasteiger charge is -1.99. The Morgan fingerprint density at radius 1 is 1.18 bits per heavy atom. The minimum atomic E-state index is 0.259. The van der Waals surface area contributed by atoms with Crippen molar-refractivity contribution in [3.8, 4) is 11.1 Å². The molecule has 1 N–H and O–H groups in total. The van der Waals surface area contributed by atoms with Gasteiger partial charge < -0.3 is 4.98 Å². The van der Waals surface area contributed by atoms with E-state index in [9.17, 15) is 0 Å². The highest BCUT2D eigenvalue weighted by atomic mass is 35.5. The van der Waals surface area contributed by atoms with Crippen LogP contribution in [-0.4, -0.2) is 15.0 Å². The molecule has 0 saturated carbocycles. The van der Waals surface area contributed by atoms with Crippen molar-refractivity contribution in [2.24, 2.45) is 0 Å². The van der Waals surface area contributed by atoms with Crippen LogP contribution in [0.3, 0.4) is 0 Å². The molecule has 2 heterocycles. The molecule has 0 amide bonds. The Morgan fingerprint density at radius 3 is 2.71 bits per heavy atom. The van der Waals surface area contributed by atoms with Gasteiger partial charge in [0.25, 0.3) is 0 Å². The molecule has 0 aliphatic rings. The Kier molecular flexibility index (Phi) is 2.34. The van der Waals surface area contributed by atoms with Gasteiger partial charge in [-0.1, -0.05) is 29.8 Å². The maximum Gasteiger partial charge on any atom is 0.224 e. The molecular weight excluding hydrogens is 234 g/mol. The standard InChI is InChI=1S/C13H10ClN3/c1-8-2-4-9(5-3-8)10-6-15-12-11(10)7-16-13(14)17-12/h2-7H,1H3,(H,15,16,17). The molecule has 0 spiro atoms. The average Bonchev–Trinajstić information content (AvgIpc) is 2.73. The molecule has 0 aliphatic heterocycles. The normalized spacial score (nSPS) is 10.9. The highest BCUT2D eigenvalue weighted by molar-refractivity contribution is 6.28. The van der Waals surface area contributed by atoms with Gasteiger partial charge in [-0.05, 0) is 24.1 Å². The van der Waals surface area contributed by atoms with Crippen LogP contribution in [0.2, 0.25) is 5.28 Å². The molecule has 4 heteroatoms. The Balaban J connectivity index is 2.21. The van der Waals surface area contributed by atoms with E-state index < -0.39 is 0 Å². The summed E-state index contributed by atoms with van der Waals surface area (Å²) in [5.41, 5.74) is 4.25.